The average Bonchev–Trinajstić information content (AvgIpc) is 3.09. The van der Waals surface area contributed by atoms with E-state index >= 15 is 0 Å². The standard InChI is InChI=1S/C13H22N2O/c14-13(11-6-7-11)8-15(9-13)12(16)10-4-2-1-3-5-10/h10-11H,1-9,14H2. The Bertz CT molecular complexity index is 286. The maximum atomic E-state index is 12.2. The van der Waals surface area contributed by atoms with Crippen LogP contribution < -0.4 is 5.73 Å². The fourth-order valence-electron chi connectivity index (χ4n) is 3.34. The van der Waals surface area contributed by atoms with E-state index in [1.165, 1.54) is 32.1 Å². The van der Waals surface area contributed by atoms with E-state index in [-0.39, 0.29) is 5.54 Å². The molecule has 2 saturated carbocycles. The number of nitrogens with two attached hydrogens (primary N) is 1. The Balaban J connectivity index is 1.53. The van der Waals surface area contributed by atoms with Gasteiger partial charge in [-0.05, 0) is 31.6 Å². The SMILES string of the molecule is NC1(C2CC2)CN(C(=O)C2CCCCC2)C1. The van der Waals surface area contributed by atoms with Gasteiger partial charge in [0.15, 0.2) is 0 Å². The molecule has 3 aliphatic rings. The normalized spacial score (nSPS) is 29.9. The lowest BCUT2D eigenvalue weighted by atomic mass is 9.82. The summed E-state index contributed by atoms with van der Waals surface area (Å²) in [4.78, 5) is 14.2. The molecule has 0 atom stereocenters. The van der Waals surface area contributed by atoms with Crippen molar-refractivity contribution >= 4 is 5.91 Å². The van der Waals surface area contributed by atoms with Crippen molar-refractivity contribution in [2.45, 2.75) is 50.5 Å². The molecule has 16 heavy (non-hydrogen) atoms. The molecule has 3 rings (SSSR count). The number of nitrogens with zero attached hydrogens (tertiary/aromatic N) is 1. The van der Waals surface area contributed by atoms with Gasteiger partial charge in [-0.1, -0.05) is 19.3 Å². The van der Waals surface area contributed by atoms with Crippen molar-refractivity contribution in [2.75, 3.05) is 13.1 Å². The highest BCUT2D eigenvalue weighted by atomic mass is 16.2. The minimum atomic E-state index is -0.00960. The van der Waals surface area contributed by atoms with Crippen LogP contribution in [0.3, 0.4) is 0 Å². The van der Waals surface area contributed by atoms with Crippen molar-refractivity contribution in [1.82, 2.24) is 4.90 Å². The number of carbonyl (C=O) groups is 1. The van der Waals surface area contributed by atoms with Crippen molar-refractivity contribution in [1.29, 1.82) is 0 Å². The predicted octanol–water partition coefficient (Wildman–Crippen LogP) is 1.52. The van der Waals surface area contributed by atoms with Gasteiger partial charge in [0.1, 0.15) is 0 Å². The third-order valence-corrected chi connectivity index (χ3v) is 4.63. The molecule has 0 aromatic carbocycles. The van der Waals surface area contributed by atoms with Crippen molar-refractivity contribution < 1.29 is 4.79 Å². The van der Waals surface area contributed by atoms with E-state index in [9.17, 15) is 4.79 Å². The molecular weight excluding hydrogens is 200 g/mol. The number of amides is 1. The molecule has 3 fully saturated rings. The highest BCUT2D eigenvalue weighted by Gasteiger charge is 2.52. The predicted molar refractivity (Wildman–Crippen MR) is 62.8 cm³/mol. The molecule has 1 saturated heterocycles. The van der Waals surface area contributed by atoms with E-state index in [0.717, 1.165) is 25.9 Å². The van der Waals surface area contributed by atoms with Crippen LogP contribution in [0.2, 0.25) is 0 Å². The summed E-state index contributed by atoms with van der Waals surface area (Å²) in [6.07, 6.45) is 8.56. The molecular formula is C13H22N2O. The first-order chi connectivity index (χ1) is 7.69. The summed E-state index contributed by atoms with van der Waals surface area (Å²) >= 11 is 0. The second kappa shape index (κ2) is 3.73. The van der Waals surface area contributed by atoms with E-state index in [2.05, 4.69) is 0 Å². The zero-order valence-corrected chi connectivity index (χ0v) is 9.95. The molecule has 0 radical (unpaired) electrons. The number of hydrogen-bond donors (Lipinski definition) is 1. The third kappa shape index (κ3) is 1.75. The van der Waals surface area contributed by atoms with E-state index < -0.39 is 0 Å². The van der Waals surface area contributed by atoms with Crippen molar-refractivity contribution in [2.24, 2.45) is 17.6 Å². The monoisotopic (exact) mass is 222 g/mol. The van der Waals surface area contributed by atoms with Crippen LogP contribution in [0.4, 0.5) is 0 Å². The third-order valence-electron chi connectivity index (χ3n) is 4.63. The number of likely N-dealkylation sites (tertiary alicyclic amines) is 1. The minimum absolute atomic E-state index is 0.00960. The summed E-state index contributed by atoms with van der Waals surface area (Å²) in [5.74, 6) is 1.42. The van der Waals surface area contributed by atoms with Gasteiger partial charge in [-0.25, -0.2) is 0 Å². The van der Waals surface area contributed by atoms with Crippen molar-refractivity contribution in [3.05, 3.63) is 0 Å². The quantitative estimate of drug-likeness (QED) is 0.770. The summed E-state index contributed by atoms with van der Waals surface area (Å²) in [5, 5.41) is 0. The Morgan fingerprint density at radius 3 is 2.25 bits per heavy atom. The van der Waals surface area contributed by atoms with E-state index in [1.54, 1.807) is 0 Å². The fraction of sp³-hybridized carbons (Fsp3) is 0.923. The van der Waals surface area contributed by atoms with E-state index in [1.807, 2.05) is 4.90 Å². The van der Waals surface area contributed by atoms with Crippen LogP contribution in [0.5, 0.6) is 0 Å². The van der Waals surface area contributed by atoms with Crippen molar-refractivity contribution in [3.63, 3.8) is 0 Å². The Hall–Kier alpha value is -0.570. The van der Waals surface area contributed by atoms with Crippen LogP contribution in [0.25, 0.3) is 0 Å². The summed E-state index contributed by atoms with van der Waals surface area (Å²) < 4.78 is 0. The first-order valence-electron chi connectivity index (χ1n) is 6.77. The lowest BCUT2D eigenvalue weighted by Crippen LogP contribution is -2.70. The molecule has 90 valence electrons. The van der Waals surface area contributed by atoms with Crippen LogP contribution in [-0.4, -0.2) is 29.4 Å². The van der Waals surface area contributed by atoms with Crippen LogP contribution in [-0.2, 0) is 4.79 Å². The maximum absolute atomic E-state index is 12.2. The lowest BCUT2D eigenvalue weighted by Gasteiger charge is -2.49. The lowest BCUT2D eigenvalue weighted by molar-refractivity contribution is -0.144. The molecule has 0 aromatic heterocycles. The highest BCUT2D eigenvalue weighted by molar-refractivity contribution is 5.80. The topological polar surface area (TPSA) is 46.3 Å². The van der Waals surface area contributed by atoms with Crippen LogP contribution in [0.1, 0.15) is 44.9 Å². The Labute approximate surface area is 97.4 Å². The number of hydrogen-bond acceptors (Lipinski definition) is 2. The summed E-state index contributed by atoms with van der Waals surface area (Å²) in [6, 6.07) is 0. The largest absolute Gasteiger partial charge is 0.339 e. The molecule has 3 heteroatoms. The maximum Gasteiger partial charge on any atom is 0.225 e. The van der Waals surface area contributed by atoms with Gasteiger partial charge in [-0.15, -0.1) is 0 Å². The zero-order valence-electron chi connectivity index (χ0n) is 9.95. The number of rotatable bonds is 2. The number of carbonyl (C=O) groups excluding carboxylic acids is 1. The molecule has 2 N–H and O–H groups in total. The molecule has 1 heterocycles. The average molecular weight is 222 g/mol. The highest BCUT2D eigenvalue weighted by Crippen LogP contribution is 2.43. The fourth-order valence-corrected chi connectivity index (χ4v) is 3.34. The summed E-state index contributed by atoms with van der Waals surface area (Å²) in [5.41, 5.74) is 6.26. The Kier molecular flexibility index (Phi) is 2.46. The zero-order chi connectivity index (χ0) is 11.2. The second-order valence-electron chi connectivity index (χ2n) is 6.04. The van der Waals surface area contributed by atoms with Gasteiger partial charge in [-0.3, -0.25) is 4.79 Å². The van der Waals surface area contributed by atoms with E-state index in [4.69, 9.17) is 5.73 Å². The van der Waals surface area contributed by atoms with Crippen LogP contribution in [0, 0.1) is 11.8 Å². The van der Waals surface area contributed by atoms with Crippen molar-refractivity contribution in [3.8, 4) is 0 Å². The summed E-state index contributed by atoms with van der Waals surface area (Å²) in [7, 11) is 0. The molecule has 2 aliphatic carbocycles. The molecule has 1 aliphatic heterocycles. The smallest absolute Gasteiger partial charge is 0.225 e. The van der Waals surface area contributed by atoms with Gasteiger partial charge in [0.2, 0.25) is 5.91 Å². The molecule has 3 nitrogen and oxygen atoms in total. The van der Waals surface area contributed by atoms with Gasteiger partial charge in [0, 0.05) is 19.0 Å². The molecule has 1 amide bonds. The van der Waals surface area contributed by atoms with Gasteiger partial charge < -0.3 is 10.6 Å². The second-order valence-corrected chi connectivity index (χ2v) is 6.04. The van der Waals surface area contributed by atoms with Gasteiger partial charge in [0.25, 0.3) is 0 Å². The Morgan fingerprint density at radius 1 is 1.06 bits per heavy atom. The first-order valence-corrected chi connectivity index (χ1v) is 6.77. The summed E-state index contributed by atoms with van der Waals surface area (Å²) in [6.45, 7) is 1.65. The minimum Gasteiger partial charge on any atom is -0.339 e. The molecule has 0 unspecified atom stereocenters. The van der Waals surface area contributed by atoms with E-state index in [0.29, 0.717) is 17.7 Å². The first kappa shape index (κ1) is 10.6. The Morgan fingerprint density at radius 2 is 1.69 bits per heavy atom. The molecule has 0 aromatic rings. The van der Waals surface area contributed by atoms with Crippen LogP contribution >= 0.6 is 0 Å². The van der Waals surface area contributed by atoms with Gasteiger partial charge >= 0.3 is 0 Å². The van der Waals surface area contributed by atoms with Crippen LogP contribution in [0.15, 0.2) is 0 Å². The van der Waals surface area contributed by atoms with Gasteiger partial charge in [-0.2, -0.15) is 0 Å². The van der Waals surface area contributed by atoms with Gasteiger partial charge in [0.05, 0.1) is 5.54 Å². The molecule has 0 spiro atoms. The molecule has 0 bridgehead atoms.